The number of nitrogens with zero attached hydrogens (tertiary/aromatic N) is 2. The van der Waals surface area contributed by atoms with Gasteiger partial charge in [0.05, 0.1) is 17.6 Å². The van der Waals surface area contributed by atoms with E-state index >= 15 is 0 Å². The van der Waals surface area contributed by atoms with Crippen molar-refractivity contribution in [3.8, 4) is 0 Å². The second kappa shape index (κ2) is 6.27. The Morgan fingerprint density at radius 3 is 2.78 bits per heavy atom. The largest absolute Gasteiger partial charge is 0.459 e. The van der Waals surface area contributed by atoms with E-state index < -0.39 is 0 Å². The number of hydrogen-bond acceptors (Lipinski definition) is 3. The Morgan fingerprint density at radius 2 is 1.96 bits per heavy atom. The Bertz CT molecular complexity index is 1150. The van der Waals surface area contributed by atoms with Crippen LogP contribution in [0.1, 0.15) is 35.9 Å². The third-order valence-electron chi connectivity index (χ3n) is 5.32. The minimum atomic E-state index is -0.0279. The first kappa shape index (κ1) is 16.1. The minimum Gasteiger partial charge on any atom is -0.459 e. The summed E-state index contributed by atoms with van der Waals surface area (Å²) in [6.07, 6.45) is 2.31. The molecule has 1 aliphatic carbocycles. The molecule has 2 aromatic carbocycles. The number of fused-ring (bicyclic) bond motifs is 2. The Morgan fingerprint density at radius 1 is 1.19 bits per heavy atom. The topological polar surface area (TPSA) is 60.1 Å². The van der Waals surface area contributed by atoms with E-state index in [4.69, 9.17) is 9.40 Å². The van der Waals surface area contributed by atoms with Crippen molar-refractivity contribution >= 4 is 27.9 Å². The minimum absolute atomic E-state index is 0.0279. The van der Waals surface area contributed by atoms with Crippen LogP contribution in [0.4, 0.5) is 0 Å². The molecule has 2 aromatic heterocycles. The molecule has 1 fully saturated rings. The molecule has 4 aromatic rings. The first-order chi connectivity index (χ1) is 13.2. The molecule has 2 heterocycles. The first-order valence-corrected chi connectivity index (χ1v) is 9.39. The van der Waals surface area contributed by atoms with Crippen LogP contribution in [-0.4, -0.2) is 15.5 Å². The Kier molecular flexibility index (Phi) is 3.74. The zero-order chi connectivity index (χ0) is 18.4. The molecule has 0 saturated heterocycles. The highest BCUT2D eigenvalue weighted by molar-refractivity contribution is 5.83. The second-order valence-electron chi connectivity index (χ2n) is 7.24. The van der Waals surface area contributed by atoms with Gasteiger partial charge in [0, 0.05) is 16.9 Å². The fourth-order valence-corrected chi connectivity index (χ4v) is 3.69. The maximum Gasteiger partial charge on any atom is 0.240 e. The van der Waals surface area contributed by atoms with Gasteiger partial charge < -0.3 is 14.3 Å². The molecule has 136 valence electrons. The van der Waals surface area contributed by atoms with Crippen molar-refractivity contribution in [3.63, 3.8) is 0 Å². The number of aromatic nitrogens is 2. The number of para-hydroxylation sites is 3. The normalized spacial score (nSPS) is 14.1. The zero-order valence-corrected chi connectivity index (χ0v) is 15.2. The molecule has 0 unspecified atom stereocenters. The fourth-order valence-electron chi connectivity index (χ4n) is 3.69. The van der Waals surface area contributed by atoms with Crippen LogP contribution in [0, 0.1) is 6.92 Å². The van der Waals surface area contributed by atoms with Crippen LogP contribution in [0.3, 0.4) is 0 Å². The van der Waals surface area contributed by atoms with Gasteiger partial charge in [-0.3, -0.25) is 4.79 Å². The maximum absolute atomic E-state index is 12.6. The van der Waals surface area contributed by atoms with Crippen molar-refractivity contribution in [1.29, 1.82) is 0 Å². The average molecular weight is 359 g/mol. The predicted octanol–water partition coefficient (Wildman–Crippen LogP) is 4.28. The van der Waals surface area contributed by atoms with E-state index in [9.17, 15) is 4.79 Å². The number of imidazole rings is 1. The number of benzene rings is 2. The molecule has 0 atom stereocenters. The van der Waals surface area contributed by atoms with Crippen molar-refractivity contribution < 1.29 is 9.21 Å². The molecular weight excluding hydrogens is 338 g/mol. The lowest BCUT2D eigenvalue weighted by Crippen LogP contribution is -2.27. The number of rotatable bonds is 5. The summed E-state index contributed by atoms with van der Waals surface area (Å²) in [6.45, 7) is 2.71. The molecule has 1 saturated carbocycles. The van der Waals surface area contributed by atoms with Gasteiger partial charge >= 0.3 is 0 Å². The molecule has 0 aliphatic heterocycles. The highest BCUT2D eigenvalue weighted by Crippen LogP contribution is 2.40. The highest BCUT2D eigenvalue weighted by atomic mass is 16.3. The Hall–Kier alpha value is -3.08. The van der Waals surface area contributed by atoms with E-state index in [1.807, 2.05) is 55.5 Å². The lowest BCUT2D eigenvalue weighted by atomic mass is 10.1. The predicted molar refractivity (Wildman–Crippen MR) is 105 cm³/mol. The van der Waals surface area contributed by atoms with Gasteiger partial charge in [-0.2, -0.15) is 0 Å². The summed E-state index contributed by atoms with van der Waals surface area (Å²) in [5, 5.41) is 4.10. The molecule has 1 amide bonds. The van der Waals surface area contributed by atoms with E-state index in [-0.39, 0.29) is 12.5 Å². The summed E-state index contributed by atoms with van der Waals surface area (Å²) < 4.78 is 7.96. The third-order valence-corrected chi connectivity index (χ3v) is 5.32. The number of carbonyl (C=O) groups is 1. The number of hydrogen-bond donors (Lipinski definition) is 1. The van der Waals surface area contributed by atoms with Gasteiger partial charge in [-0.25, -0.2) is 4.98 Å². The van der Waals surface area contributed by atoms with Gasteiger partial charge in [-0.1, -0.05) is 30.3 Å². The molecule has 5 nitrogen and oxygen atoms in total. The molecular formula is C22H21N3O2. The summed E-state index contributed by atoms with van der Waals surface area (Å²) in [5.41, 5.74) is 3.92. The Labute approximate surface area is 157 Å². The van der Waals surface area contributed by atoms with Gasteiger partial charge in [0.15, 0.2) is 0 Å². The molecule has 5 heteroatoms. The SMILES string of the molecule is Cc1c(CNC(=O)Cn2c(C3CC3)nc3ccccc32)oc2ccccc12. The monoisotopic (exact) mass is 359 g/mol. The van der Waals surface area contributed by atoms with E-state index in [1.165, 1.54) is 0 Å². The molecule has 5 rings (SSSR count). The van der Waals surface area contributed by atoms with Crippen LogP contribution in [-0.2, 0) is 17.9 Å². The van der Waals surface area contributed by atoms with Gasteiger partial charge in [-0.15, -0.1) is 0 Å². The number of carbonyl (C=O) groups excluding carboxylic acids is 1. The Balaban J connectivity index is 1.36. The summed E-state index contributed by atoms with van der Waals surface area (Å²) >= 11 is 0. The molecule has 1 aliphatic rings. The maximum atomic E-state index is 12.6. The van der Waals surface area contributed by atoms with Crippen molar-refractivity contribution in [2.24, 2.45) is 0 Å². The number of furan rings is 1. The number of amides is 1. The summed E-state index contributed by atoms with van der Waals surface area (Å²) in [4.78, 5) is 17.4. The fraction of sp³-hybridized carbons (Fsp3) is 0.273. The molecule has 0 spiro atoms. The van der Waals surface area contributed by atoms with Crippen LogP contribution >= 0.6 is 0 Å². The van der Waals surface area contributed by atoms with Crippen molar-refractivity contribution in [2.75, 3.05) is 0 Å². The molecule has 0 radical (unpaired) electrons. The number of nitrogens with one attached hydrogen (secondary N) is 1. The van der Waals surface area contributed by atoms with Gasteiger partial charge in [-0.05, 0) is 38.0 Å². The van der Waals surface area contributed by atoms with E-state index in [0.29, 0.717) is 12.5 Å². The standard InChI is InChI=1S/C22H21N3O2/c1-14-16-6-2-5-9-19(16)27-20(14)12-23-21(26)13-25-18-8-4-3-7-17(18)24-22(25)15-10-11-15/h2-9,15H,10-13H2,1H3,(H,23,26). The molecule has 1 N–H and O–H groups in total. The highest BCUT2D eigenvalue weighted by Gasteiger charge is 2.30. The van der Waals surface area contributed by atoms with E-state index in [0.717, 1.165) is 52.0 Å². The lowest BCUT2D eigenvalue weighted by molar-refractivity contribution is -0.121. The van der Waals surface area contributed by atoms with E-state index in [2.05, 4.69) is 9.88 Å². The lowest BCUT2D eigenvalue weighted by Gasteiger charge is -2.09. The summed E-state index contributed by atoms with van der Waals surface area (Å²) in [6, 6.07) is 16.0. The first-order valence-electron chi connectivity index (χ1n) is 9.39. The van der Waals surface area contributed by atoms with Gasteiger partial charge in [0.2, 0.25) is 5.91 Å². The van der Waals surface area contributed by atoms with Crippen LogP contribution in [0.15, 0.2) is 52.9 Å². The van der Waals surface area contributed by atoms with Gasteiger partial charge in [0.25, 0.3) is 0 Å². The van der Waals surface area contributed by atoms with Crippen molar-refractivity contribution in [2.45, 2.75) is 38.8 Å². The van der Waals surface area contributed by atoms with Gasteiger partial charge in [0.1, 0.15) is 23.7 Å². The molecule has 27 heavy (non-hydrogen) atoms. The van der Waals surface area contributed by atoms with Crippen LogP contribution in [0.25, 0.3) is 22.0 Å². The van der Waals surface area contributed by atoms with E-state index in [1.54, 1.807) is 0 Å². The molecule has 0 bridgehead atoms. The number of aryl methyl sites for hydroxylation is 1. The average Bonchev–Trinajstić information content (AvgIpc) is 3.40. The van der Waals surface area contributed by atoms with Crippen LogP contribution in [0.5, 0.6) is 0 Å². The smallest absolute Gasteiger partial charge is 0.240 e. The second-order valence-corrected chi connectivity index (χ2v) is 7.24. The quantitative estimate of drug-likeness (QED) is 0.578. The van der Waals surface area contributed by atoms with Crippen molar-refractivity contribution in [3.05, 3.63) is 65.7 Å². The summed E-state index contributed by atoms with van der Waals surface area (Å²) in [7, 11) is 0. The summed E-state index contributed by atoms with van der Waals surface area (Å²) in [5.74, 6) is 2.30. The van der Waals surface area contributed by atoms with Crippen LogP contribution < -0.4 is 5.32 Å². The van der Waals surface area contributed by atoms with Crippen LogP contribution in [0.2, 0.25) is 0 Å². The zero-order valence-electron chi connectivity index (χ0n) is 15.2. The third kappa shape index (κ3) is 2.89. The van der Waals surface area contributed by atoms with Crippen molar-refractivity contribution in [1.82, 2.24) is 14.9 Å².